The lowest BCUT2D eigenvalue weighted by Crippen LogP contribution is -2.23. The fourth-order valence-corrected chi connectivity index (χ4v) is 1.82. The molecule has 1 amide bonds. The Hall–Kier alpha value is -2.68. The second-order valence-electron chi connectivity index (χ2n) is 4.71. The van der Waals surface area contributed by atoms with Crippen LogP contribution in [0.3, 0.4) is 0 Å². The number of allylic oxidation sites excluding steroid dienone is 1. The van der Waals surface area contributed by atoms with Crippen molar-refractivity contribution in [2.75, 3.05) is 6.54 Å². The predicted octanol–water partition coefficient (Wildman–Crippen LogP) is 3.16. The molecule has 21 heavy (non-hydrogen) atoms. The van der Waals surface area contributed by atoms with Crippen LogP contribution < -0.4 is 5.32 Å². The van der Waals surface area contributed by atoms with Crippen molar-refractivity contribution < 1.29 is 9.59 Å². The molecule has 2 rings (SSSR count). The number of hydrogen-bond acceptors (Lipinski definition) is 2. The van der Waals surface area contributed by atoms with Gasteiger partial charge in [0.15, 0.2) is 5.78 Å². The minimum absolute atomic E-state index is 0.0693. The maximum Gasteiger partial charge on any atom is 0.251 e. The highest BCUT2D eigenvalue weighted by molar-refractivity contribution is 6.04. The van der Waals surface area contributed by atoms with E-state index in [1.54, 1.807) is 30.3 Å². The molecular weight excluding hydrogens is 262 g/mol. The maximum atomic E-state index is 11.8. The van der Waals surface area contributed by atoms with Crippen molar-refractivity contribution in [2.45, 2.75) is 6.92 Å². The molecule has 0 fully saturated rings. The summed E-state index contributed by atoms with van der Waals surface area (Å²) in [6.07, 6.45) is 3.13. The molecule has 0 saturated heterocycles. The van der Waals surface area contributed by atoms with E-state index in [1.807, 2.05) is 37.3 Å². The SMILES string of the molecule is Cc1ccc(C(=O)NC/C=C/C(=O)c2ccccc2)cc1. The van der Waals surface area contributed by atoms with Crippen LogP contribution >= 0.6 is 0 Å². The third-order valence-corrected chi connectivity index (χ3v) is 3.02. The molecule has 0 radical (unpaired) electrons. The van der Waals surface area contributed by atoms with Crippen LogP contribution in [0.4, 0.5) is 0 Å². The highest BCUT2D eigenvalue weighted by atomic mass is 16.1. The summed E-state index contributed by atoms with van der Waals surface area (Å²) in [5.41, 5.74) is 2.36. The summed E-state index contributed by atoms with van der Waals surface area (Å²) in [6, 6.07) is 16.4. The van der Waals surface area contributed by atoms with E-state index in [2.05, 4.69) is 5.32 Å². The Morgan fingerprint density at radius 2 is 1.62 bits per heavy atom. The van der Waals surface area contributed by atoms with Gasteiger partial charge in [0, 0.05) is 17.7 Å². The quantitative estimate of drug-likeness (QED) is 0.675. The second-order valence-corrected chi connectivity index (χ2v) is 4.71. The van der Waals surface area contributed by atoms with Crippen molar-refractivity contribution in [3.05, 3.63) is 83.4 Å². The first-order chi connectivity index (χ1) is 10.2. The van der Waals surface area contributed by atoms with Crippen LogP contribution in [0.15, 0.2) is 66.7 Å². The van der Waals surface area contributed by atoms with E-state index >= 15 is 0 Å². The zero-order valence-corrected chi connectivity index (χ0v) is 11.9. The molecule has 3 nitrogen and oxygen atoms in total. The summed E-state index contributed by atoms with van der Waals surface area (Å²) in [7, 11) is 0. The van der Waals surface area contributed by atoms with E-state index in [-0.39, 0.29) is 11.7 Å². The van der Waals surface area contributed by atoms with Crippen LogP contribution in [-0.2, 0) is 0 Å². The summed E-state index contributed by atoms with van der Waals surface area (Å²) < 4.78 is 0. The van der Waals surface area contributed by atoms with Gasteiger partial charge in [-0.1, -0.05) is 54.1 Å². The van der Waals surface area contributed by atoms with Crippen molar-refractivity contribution >= 4 is 11.7 Å². The van der Waals surface area contributed by atoms with Crippen molar-refractivity contribution in [1.29, 1.82) is 0 Å². The standard InChI is InChI=1S/C18H17NO2/c1-14-9-11-16(12-10-14)18(21)19-13-5-8-17(20)15-6-3-2-4-7-15/h2-12H,13H2,1H3,(H,19,21)/b8-5+. The van der Waals surface area contributed by atoms with Crippen molar-refractivity contribution in [1.82, 2.24) is 5.32 Å². The minimum Gasteiger partial charge on any atom is -0.349 e. The first-order valence-electron chi connectivity index (χ1n) is 6.77. The minimum atomic E-state index is -0.146. The van der Waals surface area contributed by atoms with Crippen LogP contribution in [0.5, 0.6) is 0 Å². The van der Waals surface area contributed by atoms with Crippen molar-refractivity contribution in [3.63, 3.8) is 0 Å². The lowest BCUT2D eigenvalue weighted by Gasteiger charge is -2.02. The topological polar surface area (TPSA) is 46.2 Å². The van der Waals surface area contributed by atoms with E-state index in [0.717, 1.165) is 5.56 Å². The first-order valence-corrected chi connectivity index (χ1v) is 6.77. The molecule has 0 atom stereocenters. The van der Waals surface area contributed by atoms with Crippen LogP contribution in [-0.4, -0.2) is 18.2 Å². The molecule has 0 unspecified atom stereocenters. The number of benzene rings is 2. The van der Waals surface area contributed by atoms with E-state index in [9.17, 15) is 9.59 Å². The Labute approximate surface area is 124 Å². The van der Waals surface area contributed by atoms with Gasteiger partial charge in [-0.2, -0.15) is 0 Å². The normalized spacial score (nSPS) is 10.5. The van der Waals surface area contributed by atoms with Gasteiger partial charge in [-0.25, -0.2) is 0 Å². The Kier molecular flexibility index (Phi) is 5.04. The Bertz CT molecular complexity index is 643. The van der Waals surface area contributed by atoms with Gasteiger partial charge in [0.2, 0.25) is 0 Å². The van der Waals surface area contributed by atoms with Gasteiger partial charge in [0.25, 0.3) is 5.91 Å². The number of carbonyl (C=O) groups is 2. The number of hydrogen-bond donors (Lipinski definition) is 1. The molecule has 0 heterocycles. The fraction of sp³-hybridized carbons (Fsp3) is 0.111. The summed E-state index contributed by atoms with van der Waals surface area (Å²) >= 11 is 0. The number of nitrogens with one attached hydrogen (secondary N) is 1. The number of aryl methyl sites for hydroxylation is 1. The van der Waals surface area contributed by atoms with Gasteiger partial charge in [-0.05, 0) is 25.1 Å². The highest BCUT2D eigenvalue weighted by Gasteiger charge is 2.03. The van der Waals surface area contributed by atoms with Gasteiger partial charge >= 0.3 is 0 Å². The molecule has 106 valence electrons. The molecule has 0 aromatic heterocycles. The largest absolute Gasteiger partial charge is 0.349 e. The van der Waals surface area contributed by atoms with Crippen LogP contribution in [0.2, 0.25) is 0 Å². The Morgan fingerprint density at radius 1 is 0.952 bits per heavy atom. The second kappa shape index (κ2) is 7.20. The van der Waals surface area contributed by atoms with Gasteiger partial charge in [0.1, 0.15) is 0 Å². The predicted molar refractivity (Wildman–Crippen MR) is 83.4 cm³/mol. The molecule has 0 aliphatic rings. The maximum absolute atomic E-state index is 11.8. The lowest BCUT2D eigenvalue weighted by atomic mass is 10.1. The Morgan fingerprint density at radius 3 is 2.29 bits per heavy atom. The molecule has 2 aromatic carbocycles. The van der Waals surface area contributed by atoms with E-state index in [0.29, 0.717) is 17.7 Å². The van der Waals surface area contributed by atoms with Gasteiger partial charge in [-0.15, -0.1) is 0 Å². The number of rotatable bonds is 5. The lowest BCUT2D eigenvalue weighted by molar-refractivity contribution is 0.0956. The molecule has 0 aliphatic heterocycles. The van der Waals surface area contributed by atoms with Crippen LogP contribution in [0, 0.1) is 6.92 Å². The monoisotopic (exact) mass is 279 g/mol. The summed E-state index contributed by atoms with van der Waals surface area (Å²) in [5, 5.41) is 2.75. The smallest absolute Gasteiger partial charge is 0.251 e. The van der Waals surface area contributed by atoms with Crippen LogP contribution in [0.25, 0.3) is 0 Å². The third kappa shape index (κ3) is 4.42. The zero-order chi connectivity index (χ0) is 15.1. The molecule has 2 aromatic rings. The first kappa shape index (κ1) is 14.7. The van der Waals surface area contributed by atoms with Crippen LogP contribution in [0.1, 0.15) is 26.3 Å². The fourth-order valence-electron chi connectivity index (χ4n) is 1.82. The molecular formula is C18H17NO2. The number of amides is 1. The molecule has 0 aliphatic carbocycles. The zero-order valence-electron chi connectivity index (χ0n) is 11.9. The molecule has 0 spiro atoms. The number of carbonyl (C=O) groups excluding carboxylic acids is 2. The molecule has 0 bridgehead atoms. The molecule has 3 heteroatoms. The average Bonchev–Trinajstić information content (AvgIpc) is 2.52. The van der Waals surface area contributed by atoms with E-state index in [4.69, 9.17) is 0 Å². The van der Waals surface area contributed by atoms with Crippen molar-refractivity contribution in [3.8, 4) is 0 Å². The molecule has 1 N–H and O–H groups in total. The van der Waals surface area contributed by atoms with Gasteiger partial charge < -0.3 is 5.32 Å². The van der Waals surface area contributed by atoms with Gasteiger partial charge in [-0.3, -0.25) is 9.59 Å². The van der Waals surface area contributed by atoms with Crippen molar-refractivity contribution in [2.24, 2.45) is 0 Å². The average molecular weight is 279 g/mol. The highest BCUT2D eigenvalue weighted by Crippen LogP contribution is 2.03. The number of ketones is 1. The van der Waals surface area contributed by atoms with E-state index < -0.39 is 0 Å². The summed E-state index contributed by atoms with van der Waals surface area (Å²) in [4.78, 5) is 23.6. The third-order valence-electron chi connectivity index (χ3n) is 3.02. The van der Waals surface area contributed by atoms with Gasteiger partial charge in [0.05, 0.1) is 0 Å². The summed E-state index contributed by atoms with van der Waals surface area (Å²) in [5.74, 6) is -0.216. The summed E-state index contributed by atoms with van der Waals surface area (Å²) in [6.45, 7) is 2.30. The molecule has 0 saturated carbocycles. The van der Waals surface area contributed by atoms with E-state index in [1.165, 1.54) is 6.08 Å². The Balaban J connectivity index is 1.84.